The first kappa shape index (κ1) is 10.9. The van der Waals surface area contributed by atoms with Crippen LogP contribution in [0.15, 0.2) is 25.6 Å². The van der Waals surface area contributed by atoms with Crippen LogP contribution in [0, 0.1) is 0 Å². The van der Waals surface area contributed by atoms with Crippen molar-refractivity contribution in [3.8, 4) is 11.7 Å². The number of rotatable bonds is 3. The Balaban J connectivity index is 2.27. The molecule has 0 aliphatic rings. The molecule has 2 aromatic heterocycles. The van der Waals surface area contributed by atoms with E-state index in [1.165, 1.54) is 0 Å². The van der Waals surface area contributed by atoms with Gasteiger partial charge in [0.2, 0.25) is 5.89 Å². The molecule has 0 N–H and O–H groups in total. The minimum Gasteiger partial charge on any atom is -0.444 e. The van der Waals surface area contributed by atoms with Gasteiger partial charge in [-0.25, -0.2) is 0 Å². The van der Waals surface area contributed by atoms with Crippen molar-refractivity contribution in [2.75, 3.05) is 0 Å². The summed E-state index contributed by atoms with van der Waals surface area (Å²) in [6, 6.07) is 3.56. The van der Waals surface area contributed by atoms with Crippen molar-refractivity contribution in [2.45, 2.75) is 18.2 Å². The summed E-state index contributed by atoms with van der Waals surface area (Å²) < 4.78 is 11.4. The summed E-state index contributed by atoms with van der Waals surface area (Å²) in [4.78, 5) is 0.0946. The second-order valence-corrected chi connectivity index (χ2v) is 4.81. The summed E-state index contributed by atoms with van der Waals surface area (Å²) in [5, 5.41) is 7.84. The average molecular weight is 336 g/mol. The van der Waals surface area contributed by atoms with Gasteiger partial charge in [0.25, 0.3) is 5.89 Å². The SMILES string of the molecule is CCC(Br)c1nnc(-c2ccc(Br)o2)o1. The number of furan rings is 1. The first-order valence-corrected chi connectivity index (χ1v) is 6.14. The van der Waals surface area contributed by atoms with Gasteiger partial charge >= 0.3 is 0 Å². The molecule has 0 aromatic carbocycles. The van der Waals surface area contributed by atoms with E-state index in [1.807, 2.05) is 6.92 Å². The van der Waals surface area contributed by atoms with Gasteiger partial charge in [-0.3, -0.25) is 0 Å². The van der Waals surface area contributed by atoms with E-state index >= 15 is 0 Å². The van der Waals surface area contributed by atoms with Crippen LogP contribution in [-0.2, 0) is 0 Å². The molecule has 0 saturated heterocycles. The Morgan fingerprint density at radius 2 is 2.13 bits per heavy atom. The molecule has 2 aromatic rings. The lowest BCUT2D eigenvalue weighted by Crippen LogP contribution is -1.86. The van der Waals surface area contributed by atoms with Crippen molar-refractivity contribution in [1.82, 2.24) is 10.2 Å². The summed E-state index contributed by atoms with van der Waals surface area (Å²) in [6.45, 7) is 2.03. The van der Waals surface area contributed by atoms with Crippen molar-refractivity contribution in [2.24, 2.45) is 0 Å². The van der Waals surface area contributed by atoms with Gasteiger partial charge in [0, 0.05) is 0 Å². The Labute approximate surface area is 103 Å². The fourth-order valence-corrected chi connectivity index (χ4v) is 1.56. The van der Waals surface area contributed by atoms with Crippen LogP contribution in [0.5, 0.6) is 0 Å². The van der Waals surface area contributed by atoms with E-state index in [0.29, 0.717) is 22.2 Å². The smallest absolute Gasteiger partial charge is 0.283 e. The Bertz CT molecular complexity index is 452. The molecule has 80 valence electrons. The third-order valence-corrected chi connectivity index (χ3v) is 3.32. The molecule has 0 aliphatic heterocycles. The minimum atomic E-state index is 0.0946. The lowest BCUT2D eigenvalue weighted by Gasteiger charge is -1.97. The summed E-state index contributed by atoms with van der Waals surface area (Å²) in [5.41, 5.74) is 0. The maximum absolute atomic E-state index is 5.45. The lowest BCUT2D eigenvalue weighted by atomic mass is 10.3. The van der Waals surface area contributed by atoms with Crippen LogP contribution in [0.4, 0.5) is 0 Å². The third kappa shape index (κ3) is 2.31. The molecular weight excluding hydrogens is 328 g/mol. The second kappa shape index (κ2) is 4.49. The molecule has 2 heterocycles. The highest BCUT2D eigenvalue weighted by molar-refractivity contribution is 9.10. The first-order valence-electron chi connectivity index (χ1n) is 4.44. The number of halogens is 2. The van der Waals surface area contributed by atoms with Gasteiger partial charge in [0.15, 0.2) is 10.4 Å². The molecular formula is C9H8Br2N2O2. The fourth-order valence-electron chi connectivity index (χ4n) is 1.06. The molecule has 0 bridgehead atoms. The predicted octanol–water partition coefficient (Wildman–Crippen LogP) is 3.94. The Morgan fingerprint density at radius 3 is 2.73 bits per heavy atom. The Morgan fingerprint density at radius 1 is 1.33 bits per heavy atom. The van der Waals surface area contributed by atoms with E-state index in [4.69, 9.17) is 8.83 Å². The number of aromatic nitrogens is 2. The summed E-state index contributed by atoms with van der Waals surface area (Å²) >= 11 is 6.65. The molecule has 0 fully saturated rings. The van der Waals surface area contributed by atoms with Crippen molar-refractivity contribution in [3.63, 3.8) is 0 Å². The van der Waals surface area contributed by atoms with Crippen molar-refractivity contribution in [1.29, 1.82) is 0 Å². The lowest BCUT2D eigenvalue weighted by molar-refractivity contribution is 0.471. The third-order valence-electron chi connectivity index (χ3n) is 1.85. The van der Waals surface area contributed by atoms with E-state index in [2.05, 4.69) is 42.1 Å². The number of nitrogens with zero attached hydrogens (tertiary/aromatic N) is 2. The molecule has 0 amide bonds. The molecule has 4 nitrogen and oxygen atoms in total. The summed E-state index contributed by atoms with van der Waals surface area (Å²) in [5.74, 6) is 1.53. The van der Waals surface area contributed by atoms with E-state index in [-0.39, 0.29) is 4.83 Å². The number of hydrogen-bond donors (Lipinski definition) is 0. The van der Waals surface area contributed by atoms with Crippen LogP contribution in [0.2, 0.25) is 0 Å². The van der Waals surface area contributed by atoms with Gasteiger partial charge in [-0.2, -0.15) is 0 Å². The zero-order valence-electron chi connectivity index (χ0n) is 7.91. The van der Waals surface area contributed by atoms with Gasteiger partial charge in [0.05, 0.1) is 4.83 Å². The first-order chi connectivity index (χ1) is 7.20. The number of hydrogen-bond acceptors (Lipinski definition) is 4. The highest BCUT2D eigenvalue weighted by Crippen LogP contribution is 2.29. The zero-order valence-corrected chi connectivity index (χ0v) is 11.1. The van der Waals surface area contributed by atoms with E-state index in [1.54, 1.807) is 12.1 Å². The molecule has 0 radical (unpaired) electrons. The Hall–Kier alpha value is -0.620. The van der Waals surface area contributed by atoms with Gasteiger partial charge in [-0.15, -0.1) is 10.2 Å². The van der Waals surface area contributed by atoms with Crippen LogP contribution >= 0.6 is 31.9 Å². The minimum absolute atomic E-state index is 0.0946. The molecule has 2 rings (SSSR count). The molecule has 0 saturated carbocycles. The van der Waals surface area contributed by atoms with Gasteiger partial charge < -0.3 is 8.83 Å². The van der Waals surface area contributed by atoms with Crippen LogP contribution in [0.25, 0.3) is 11.7 Å². The van der Waals surface area contributed by atoms with Crippen LogP contribution in [0.3, 0.4) is 0 Å². The van der Waals surface area contributed by atoms with E-state index in [9.17, 15) is 0 Å². The van der Waals surface area contributed by atoms with E-state index in [0.717, 1.165) is 6.42 Å². The van der Waals surface area contributed by atoms with E-state index < -0.39 is 0 Å². The normalized spacial score (nSPS) is 13.0. The largest absolute Gasteiger partial charge is 0.444 e. The van der Waals surface area contributed by atoms with Crippen LogP contribution in [0.1, 0.15) is 24.1 Å². The maximum atomic E-state index is 5.45. The maximum Gasteiger partial charge on any atom is 0.283 e. The molecule has 15 heavy (non-hydrogen) atoms. The highest BCUT2D eigenvalue weighted by atomic mass is 79.9. The highest BCUT2D eigenvalue weighted by Gasteiger charge is 2.16. The van der Waals surface area contributed by atoms with Crippen LogP contribution < -0.4 is 0 Å². The van der Waals surface area contributed by atoms with Gasteiger partial charge in [0.1, 0.15) is 0 Å². The van der Waals surface area contributed by atoms with Crippen molar-refractivity contribution in [3.05, 3.63) is 22.7 Å². The molecule has 6 heteroatoms. The van der Waals surface area contributed by atoms with Crippen molar-refractivity contribution < 1.29 is 8.83 Å². The second-order valence-electron chi connectivity index (χ2n) is 2.92. The molecule has 1 unspecified atom stereocenters. The molecule has 0 aliphatic carbocycles. The Kier molecular flexibility index (Phi) is 3.25. The molecule has 0 spiro atoms. The van der Waals surface area contributed by atoms with Crippen LogP contribution in [-0.4, -0.2) is 10.2 Å². The fraction of sp³-hybridized carbons (Fsp3) is 0.333. The quantitative estimate of drug-likeness (QED) is 0.797. The summed E-state index contributed by atoms with van der Waals surface area (Å²) in [7, 11) is 0. The summed E-state index contributed by atoms with van der Waals surface area (Å²) in [6.07, 6.45) is 0.892. The van der Waals surface area contributed by atoms with Gasteiger partial charge in [-0.1, -0.05) is 22.9 Å². The number of alkyl halides is 1. The predicted molar refractivity (Wildman–Crippen MR) is 61.7 cm³/mol. The zero-order chi connectivity index (χ0) is 10.8. The average Bonchev–Trinajstić information content (AvgIpc) is 2.84. The van der Waals surface area contributed by atoms with Gasteiger partial charge in [-0.05, 0) is 34.5 Å². The molecule has 1 atom stereocenters. The van der Waals surface area contributed by atoms with Crippen molar-refractivity contribution >= 4 is 31.9 Å². The standard InChI is InChI=1S/C9H8Br2N2O2/c1-2-5(10)8-12-13-9(15-8)6-3-4-7(11)14-6/h3-5H,2H2,1H3. The monoisotopic (exact) mass is 334 g/mol. The topological polar surface area (TPSA) is 52.1 Å².